The Morgan fingerprint density at radius 1 is 1.33 bits per heavy atom. The third-order valence-corrected chi connectivity index (χ3v) is 6.48. The van der Waals surface area contributed by atoms with E-state index in [0.717, 1.165) is 24.2 Å². The maximum Gasteiger partial charge on any atom is 0.338 e. The van der Waals surface area contributed by atoms with Crippen molar-refractivity contribution in [3.8, 4) is 0 Å². The summed E-state index contributed by atoms with van der Waals surface area (Å²) in [5.41, 5.74) is 1.06. The minimum Gasteiger partial charge on any atom is -0.458 e. The van der Waals surface area contributed by atoms with Gasteiger partial charge in [0.2, 0.25) is 5.91 Å². The van der Waals surface area contributed by atoms with Crippen LogP contribution in [0.2, 0.25) is 0 Å². The Labute approximate surface area is 146 Å². The zero-order chi connectivity index (χ0) is 17.3. The van der Waals surface area contributed by atoms with Gasteiger partial charge in [0.1, 0.15) is 6.10 Å². The van der Waals surface area contributed by atoms with Crippen molar-refractivity contribution in [2.45, 2.75) is 50.2 Å². The van der Waals surface area contributed by atoms with Gasteiger partial charge in [-0.2, -0.15) is 0 Å². The fourth-order valence-electron chi connectivity index (χ4n) is 3.78. The average molecular weight is 349 g/mol. The van der Waals surface area contributed by atoms with Crippen molar-refractivity contribution in [2.24, 2.45) is 5.41 Å². The molecule has 1 N–H and O–H groups in total. The molecule has 3 rings (SSSR count). The van der Waals surface area contributed by atoms with Crippen molar-refractivity contribution >= 4 is 29.3 Å². The molecule has 1 aliphatic carbocycles. The molecule has 0 aromatic heterocycles. The van der Waals surface area contributed by atoms with Gasteiger partial charge in [0, 0.05) is 23.8 Å². The van der Waals surface area contributed by atoms with Gasteiger partial charge in [-0.05, 0) is 31.0 Å². The topological polar surface area (TPSA) is 64.6 Å². The van der Waals surface area contributed by atoms with Crippen LogP contribution in [0.3, 0.4) is 0 Å². The number of methoxy groups -OCH3 is 1. The number of thioether (sulfide) groups is 1. The Balaban J connectivity index is 1.74. The van der Waals surface area contributed by atoms with Gasteiger partial charge in [-0.15, -0.1) is 11.8 Å². The summed E-state index contributed by atoms with van der Waals surface area (Å²) in [5, 5.41) is 2.80. The molecule has 1 aliphatic heterocycles. The Hall–Kier alpha value is -1.53. The van der Waals surface area contributed by atoms with E-state index in [1.54, 1.807) is 19.2 Å². The van der Waals surface area contributed by atoms with Crippen LogP contribution >= 0.6 is 11.8 Å². The van der Waals surface area contributed by atoms with E-state index in [0.29, 0.717) is 17.0 Å². The summed E-state index contributed by atoms with van der Waals surface area (Å²) in [6.07, 6.45) is 2.59. The molecule has 1 saturated carbocycles. The zero-order valence-corrected chi connectivity index (χ0v) is 15.1. The Kier molecular flexibility index (Phi) is 4.88. The number of nitrogens with one attached hydrogen (secondary N) is 1. The standard InChI is InChI=1S/C18H23NO4S/c1-4-18(5-2)14(22-3)9-15(18)23-17(21)11-6-7-13-12(8-11)19-16(20)10-24-13/h6-8,14-15H,4-5,9-10H2,1-3H3,(H,19,20)/t14-,15+/m0/s1. The lowest BCUT2D eigenvalue weighted by Crippen LogP contribution is -2.58. The third kappa shape index (κ3) is 2.82. The second-order valence-electron chi connectivity index (χ2n) is 6.34. The van der Waals surface area contributed by atoms with E-state index in [4.69, 9.17) is 9.47 Å². The molecule has 5 nitrogen and oxygen atoms in total. The predicted octanol–water partition coefficient (Wildman–Crippen LogP) is 3.48. The van der Waals surface area contributed by atoms with Crippen molar-refractivity contribution < 1.29 is 19.1 Å². The number of anilines is 1. The molecule has 0 unspecified atom stereocenters. The fraction of sp³-hybridized carbons (Fsp3) is 0.556. The molecule has 0 spiro atoms. The molecular formula is C18H23NO4S. The lowest BCUT2D eigenvalue weighted by molar-refractivity contribution is -0.186. The fourth-order valence-corrected chi connectivity index (χ4v) is 4.56. The van der Waals surface area contributed by atoms with Crippen LogP contribution in [0.5, 0.6) is 0 Å². The Bertz CT molecular complexity index is 656. The summed E-state index contributed by atoms with van der Waals surface area (Å²) >= 11 is 1.48. The number of hydrogen-bond acceptors (Lipinski definition) is 5. The molecule has 6 heteroatoms. The van der Waals surface area contributed by atoms with Crippen molar-refractivity contribution in [2.75, 3.05) is 18.2 Å². The Morgan fingerprint density at radius 2 is 2.08 bits per heavy atom. The van der Waals surface area contributed by atoms with E-state index < -0.39 is 0 Å². The summed E-state index contributed by atoms with van der Waals surface area (Å²) in [7, 11) is 1.71. The van der Waals surface area contributed by atoms with Crippen LogP contribution in [-0.4, -0.2) is 36.9 Å². The maximum atomic E-state index is 12.5. The SMILES string of the molecule is CCC1(CC)[C@@H](OC)C[C@H]1OC(=O)c1ccc2c(c1)NC(=O)CS2. The number of fused-ring (bicyclic) bond motifs is 1. The molecule has 2 atom stereocenters. The molecule has 24 heavy (non-hydrogen) atoms. The highest BCUT2D eigenvalue weighted by atomic mass is 32.2. The van der Waals surface area contributed by atoms with E-state index in [2.05, 4.69) is 19.2 Å². The van der Waals surface area contributed by atoms with Crippen molar-refractivity contribution in [1.82, 2.24) is 0 Å². The monoisotopic (exact) mass is 349 g/mol. The van der Waals surface area contributed by atoms with Crippen LogP contribution in [0.1, 0.15) is 43.5 Å². The molecule has 1 aromatic rings. The van der Waals surface area contributed by atoms with Gasteiger partial charge < -0.3 is 14.8 Å². The molecule has 1 fully saturated rings. The summed E-state index contributed by atoms with van der Waals surface area (Å²) < 4.78 is 11.3. The van der Waals surface area contributed by atoms with Crippen LogP contribution in [0.15, 0.2) is 23.1 Å². The first-order valence-electron chi connectivity index (χ1n) is 8.34. The number of ether oxygens (including phenoxy) is 2. The predicted molar refractivity (Wildman–Crippen MR) is 93.4 cm³/mol. The summed E-state index contributed by atoms with van der Waals surface area (Å²) in [6, 6.07) is 5.33. The number of amides is 1. The van der Waals surface area contributed by atoms with Crippen LogP contribution in [0, 0.1) is 5.41 Å². The highest BCUT2D eigenvalue weighted by molar-refractivity contribution is 8.00. The van der Waals surface area contributed by atoms with Gasteiger partial charge in [-0.1, -0.05) is 13.8 Å². The van der Waals surface area contributed by atoms with Gasteiger partial charge in [0.25, 0.3) is 0 Å². The average Bonchev–Trinajstić information content (AvgIpc) is 2.58. The molecular weight excluding hydrogens is 326 g/mol. The molecule has 0 radical (unpaired) electrons. The van der Waals surface area contributed by atoms with Gasteiger partial charge in [0.15, 0.2) is 0 Å². The van der Waals surface area contributed by atoms with Crippen LogP contribution < -0.4 is 5.32 Å². The minimum absolute atomic E-state index is 0.0454. The van der Waals surface area contributed by atoms with Crippen molar-refractivity contribution in [1.29, 1.82) is 0 Å². The number of carbonyl (C=O) groups is 2. The lowest BCUT2D eigenvalue weighted by Gasteiger charge is -2.53. The molecule has 1 aromatic carbocycles. The van der Waals surface area contributed by atoms with E-state index in [-0.39, 0.29) is 29.5 Å². The lowest BCUT2D eigenvalue weighted by atomic mass is 9.60. The van der Waals surface area contributed by atoms with Crippen LogP contribution in [-0.2, 0) is 14.3 Å². The van der Waals surface area contributed by atoms with Crippen LogP contribution in [0.25, 0.3) is 0 Å². The number of esters is 1. The molecule has 0 saturated heterocycles. The highest BCUT2D eigenvalue weighted by Crippen LogP contribution is 2.50. The molecule has 130 valence electrons. The number of benzene rings is 1. The molecule has 1 heterocycles. The minimum atomic E-state index is -0.339. The number of carbonyl (C=O) groups excluding carboxylic acids is 2. The summed E-state index contributed by atoms with van der Waals surface area (Å²) in [5.74, 6) is 0.0247. The maximum absolute atomic E-state index is 12.5. The van der Waals surface area contributed by atoms with E-state index in [9.17, 15) is 9.59 Å². The Morgan fingerprint density at radius 3 is 2.75 bits per heavy atom. The summed E-state index contributed by atoms with van der Waals surface area (Å²) in [4.78, 5) is 25.0. The van der Waals surface area contributed by atoms with E-state index in [1.807, 2.05) is 6.07 Å². The second-order valence-corrected chi connectivity index (χ2v) is 7.36. The quantitative estimate of drug-likeness (QED) is 0.825. The van der Waals surface area contributed by atoms with Gasteiger partial charge in [-0.3, -0.25) is 4.79 Å². The molecule has 1 amide bonds. The number of rotatable bonds is 5. The van der Waals surface area contributed by atoms with E-state index in [1.165, 1.54) is 11.8 Å². The normalized spacial score (nSPS) is 24.5. The number of hydrogen-bond donors (Lipinski definition) is 1. The smallest absolute Gasteiger partial charge is 0.338 e. The van der Waals surface area contributed by atoms with Gasteiger partial charge in [-0.25, -0.2) is 4.79 Å². The molecule has 2 aliphatic rings. The van der Waals surface area contributed by atoms with Crippen molar-refractivity contribution in [3.05, 3.63) is 23.8 Å². The third-order valence-electron chi connectivity index (χ3n) is 5.41. The largest absolute Gasteiger partial charge is 0.458 e. The van der Waals surface area contributed by atoms with Gasteiger partial charge in [0.05, 0.1) is 23.1 Å². The van der Waals surface area contributed by atoms with Gasteiger partial charge >= 0.3 is 5.97 Å². The first kappa shape index (κ1) is 17.3. The van der Waals surface area contributed by atoms with E-state index >= 15 is 0 Å². The zero-order valence-electron chi connectivity index (χ0n) is 14.3. The summed E-state index contributed by atoms with van der Waals surface area (Å²) in [6.45, 7) is 4.22. The highest BCUT2D eigenvalue weighted by Gasteiger charge is 2.55. The second kappa shape index (κ2) is 6.76. The first-order valence-corrected chi connectivity index (χ1v) is 9.33. The van der Waals surface area contributed by atoms with Crippen molar-refractivity contribution in [3.63, 3.8) is 0 Å². The molecule has 0 bridgehead atoms. The first-order chi connectivity index (χ1) is 11.5. The van der Waals surface area contributed by atoms with Crippen LogP contribution in [0.4, 0.5) is 5.69 Å².